The first-order chi connectivity index (χ1) is 9.10. The molecular weight excluding hydrogens is 247 g/mol. The molecule has 0 radical (unpaired) electrons. The monoisotopic (exact) mass is 268 g/mol. The SMILES string of the molecule is CCCN(CC)CCNc1cccc(F)c1C(=O)O. The maximum Gasteiger partial charge on any atom is 0.340 e. The number of aromatic carboxylic acids is 1. The Morgan fingerprint density at radius 3 is 2.68 bits per heavy atom. The number of halogens is 1. The van der Waals surface area contributed by atoms with Crippen molar-refractivity contribution < 1.29 is 14.3 Å². The highest BCUT2D eigenvalue weighted by Crippen LogP contribution is 2.18. The summed E-state index contributed by atoms with van der Waals surface area (Å²) in [5.41, 5.74) is 0.0427. The summed E-state index contributed by atoms with van der Waals surface area (Å²) < 4.78 is 13.4. The molecule has 0 aliphatic rings. The van der Waals surface area contributed by atoms with Crippen molar-refractivity contribution in [3.05, 3.63) is 29.6 Å². The summed E-state index contributed by atoms with van der Waals surface area (Å²) in [6, 6.07) is 4.25. The van der Waals surface area contributed by atoms with E-state index in [0.29, 0.717) is 12.2 Å². The smallest absolute Gasteiger partial charge is 0.340 e. The van der Waals surface area contributed by atoms with E-state index in [-0.39, 0.29) is 5.56 Å². The Morgan fingerprint density at radius 1 is 1.37 bits per heavy atom. The number of nitrogens with zero attached hydrogens (tertiary/aromatic N) is 1. The lowest BCUT2D eigenvalue weighted by Gasteiger charge is -2.20. The average molecular weight is 268 g/mol. The molecule has 106 valence electrons. The fourth-order valence-corrected chi connectivity index (χ4v) is 1.98. The van der Waals surface area contributed by atoms with Gasteiger partial charge in [0.25, 0.3) is 0 Å². The van der Waals surface area contributed by atoms with Gasteiger partial charge in [0.05, 0.1) is 5.69 Å². The van der Waals surface area contributed by atoms with E-state index in [1.54, 1.807) is 6.07 Å². The zero-order valence-electron chi connectivity index (χ0n) is 11.4. The standard InChI is InChI=1S/C14H21FN2O2/c1-3-9-17(4-2)10-8-16-12-7-5-6-11(15)13(12)14(18)19/h5-7,16H,3-4,8-10H2,1-2H3,(H,18,19). The summed E-state index contributed by atoms with van der Waals surface area (Å²) in [5, 5.41) is 12.0. The van der Waals surface area contributed by atoms with Gasteiger partial charge in [-0.05, 0) is 31.6 Å². The Morgan fingerprint density at radius 2 is 2.11 bits per heavy atom. The van der Waals surface area contributed by atoms with Gasteiger partial charge < -0.3 is 15.3 Å². The zero-order valence-corrected chi connectivity index (χ0v) is 11.4. The van der Waals surface area contributed by atoms with Crippen molar-refractivity contribution in [2.75, 3.05) is 31.5 Å². The predicted octanol–water partition coefficient (Wildman–Crippen LogP) is 2.67. The van der Waals surface area contributed by atoms with Gasteiger partial charge in [-0.3, -0.25) is 0 Å². The Bertz CT molecular complexity index is 424. The molecule has 0 amide bonds. The fourth-order valence-electron chi connectivity index (χ4n) is 1.98. The molecule has 0 aromatic heterocycles. The van der Waals surface area contributed by atoms with E-state index in [4.69, 9.17) is 5.11 Å². The second kappa shape index (κ2) is 7.74. The lowest BCUT2D eigenvalue weighted by Crippen LogP contribution is -2.30. The van der Waals surface area contributed by atoms with Crippen LogP contribution in [0.25, 0.3) is 0 Å². The molecule has 0 bridgehead atoms. The molecule has 0 fully saturated rings. The summed E-state index contributed by atoms with van der Waals surface area (Å²) in [7, 11) is 0. The number of carboxylic acids is 1. The van der Waals surface area contributed by atoms with Crippen LogP contribution in [0.15, 0.2) is 18.2 Å². The quantitative estimate of drug-likeness (QED) is 0.761. The van der Waals surface area contributed by atoms with E-state index in [1.807, 2.05) is 0 Å². The highest BCUT2D eigenvalue weighted by Gasteiger charge is 2.15. The second-order valence-electron chi connectivity index (χ2n) is 4.33. The first kappa shape index (κ1) is 15.4. The molecular formula is C14H21FN2O2. The normalized spacial score (nSPS) is 10.7. The summed E-state index contributed by atoms with van der Waals surface area (Å²) in [5.74, 6) is -1.96. The molecule has 19 heavy (non-hydrogen) atoms. The van der Waals surface area contributed by atoms with E-state index >= 15 is 0 Å². The summed E-state index contributed by atoms with van der Waals surface area (Å²) in [4.78, 5) is 13.3. The van der Waals surface area contributed by atoms with Crippen LogP contribution in [0.5, 0.6) is 0 Å². The molecule has 0 saturated carbocycles. The topological polar surface area (TPSA) is 52.6 Å². The van der Waals surface area contributed by atoms with Gasteiger partial charge in [-0.25, -0.2) is 9.18 Å². The van der Waals surface area contributed by atoms with Crippen molar-refractivity contribution in [1.29, 1.82) is 0 Å². The zero-order chi connectivity index (χ0) is 14.3. The summed E-state index contributed by atoms with van der Waals surface area (Å²) in [6.07, 6.45) is 1.08. The molecule has 0 heterocycles. The van der Waals surface area contributed by atoms with Gasteiger partial charge in [-0.1, -0.05) is 19.9 Å². The molecule has 1 aromatic carbocycles. The predicted molar refractivity (Wildman–Crippen MR) is 74.3 cm³/mol. The minimum Gasteiger partial charge on any atom is -0.478 e. The Labute approximate surface area is 113 Å². The Balaban J connectivity index is 2.63. The van der Waals surface area contributed by atoms with Gasteiger partial charge in [-0.15, -0.1) is 0 Å². The van der Waals surface area contributed by atoms with Crippen molar-refractivity contribution in [2.24, 2.45) is 0 Å². The van der Waals surface area contributed by atoms with Crippen LogP contribution in [-0.2, 0) is 0 Å². The van der Waals surface area contributed by atoms with Gasteiger partial charge in [0.1, 0.15) is 11.4 Å². The van der Waals surface area contributed by atoms with Crippen LogP contribution in [0, 0.1) is 5.82 Å². The number of nitrogens with one attached hydrogen (secondary N) is 1. The molecule has 0 aliphatic carbocycles. The van der Waals surface area contributed by atoms with Crippen LogP contribution in [0.3, 0.4) is 0 Å². The van der Waals surface area contributed by atoms with E-state index < -0.39 is 11.8 Å². The molecule has 4 nitrogen and oxygen atoms in total. The number of rotatable bonds is 8. The van der Waals surface area contributed by atoms with E-state index in [1.165, 1.54) is 6.07 Å². The van der Waals surface area contributed by atoms with E-state index in [2.05, 4.69) is 24.1 Å². The number of carboxylic acid groups (broad SMARTS) is 1. The summed E-state index contributed by atoms with van der Waals surface area (Å²) in [6.45, 7) is 7.56. The lowest BCUT2D eigenvalue weighted by molar-refractivity contribution is 0.0693. The van der Waals surface area contributed by atoms with Gasteiger partial charge in [0.15, 0.2) is 0 Å². The number of carbonyl (C=O) groups is 1. The van der Waals surface area contributed by atoms with Gasteiger partial charge in [-0.2, -0.15) is 0 Å². The molecule has 1 aromatic rings. The molecule has 0 unspecified atom stereocenters. The van der Waals surface area contributed by atoms with Crippen molar-refractivity contribution >= 4 is 11.7 Å². The summed E-state index contributed by atoms with van der Waals surface area (Å²) >= 11 is 0. The average Bonchev–Trinajstić information content (AvgIpc) is 2.37. The highest BCUT2D eigenvalue weighted by atomic mass is 19.1. The number of anilines is 1. The largest absolute Gasteiger partial charge is 0.478 e. The van der Waals surface area contributed by atoms with Gasteiger partial charge in [0, 0.05) is 13.1 Å². The third kappa shape index (κ3) is 4.52. The number of hydrogen-bond acceptors (Lipinski definition) is 3. The minimum absolute atomic E-state index is 0.291. The van der Waals surface area contributed by atoms with Crippen LogP contribution in [0.2, 0.25) is 0 Å². The van der Waals surface area contributed by atoms with E-state index in [0.717, 1.165) is 32.1 Å². The maximum absolute atomic E-state index is 13.4. The minimum atomic E-state index is -1.25. The van der Waals surface area contributed by atoms with Crippen LogP contribution in [-0.4, -0.2) is 42.2 Å². The van der Waals surface area contributed by atoms with E-state index in [9.17, 15) is 9.18 Å². The third-order valence-corrected chi connectivity index (χ3v) is 2.96. The molecule has 0 saturated heterocycles. The van der Waals surface area contributed by atoms with Crippen molar-refractivity contribution in [3.63, 3.8) is 0 Å². The third-order valence-electron chi connectivity index (χ3n) is 2.96. The van der Waals surface area contributed by atoms with Crippen molar-refractivity contribution in [2.45, 2.75) is 20.3 Å². The highest BCUT2D eigenvalue weighted by molar-refractivity contribution is 5.94. The van der Waals surface area contributed by atoms with Crippen LogP contribution >= 0.6 is 0 Å². The van der Waals surface area contributed by atoms with Crippen LogP contribution in [0.1, 0.15) is 30.6 Å². The van der Waals surface area contributed by atoms with Gasteiger partial charge in [0.2, 0.25) is 0 Å². The van der Waals surface area contributed by atoms with Crippen LogP contribution in [0.4, 0.5) is 10.1 Å². The number of benzene rings is 1. The molecule has 1 rings (SSSR count). The van der Waals surface area contributed by atoms with Crippen molar-refractivity contribution in [1.82, 2.24) is 4.90 Å². The molecule has 0 atom stereocenters. The molecule has 2 N–H and O–H groups in total. The maximum atomic E-state index is 13.4. The lowest BCUT2D eigenvalue weighted by atomic mass is 10.1. The Kier molecular flexibility index (Phi) is 6.29. The molecule has 5 heteroatoms. The first-order valence-electron chi connectivity index (χ1n) is 6.58. The number of likely N-dealkylation sites (N-methyl/N-ethyl adjacent to an activating group) is 1. The molecule has 0 aliphatic heterocycles. The first-order valence-corrected chi connectivity index (χ1v) is 6.58. The van der Waals surface area contributed by atoms with Crippen molar-refractivity contribution in [3.8, 4) is 0 Å². The molecule has 0 spiro atoms. The Hall–Kier alpha value is -1.62. The second-order valence-corrected chi connectivity index (χ2v) is 4.33. The fraction of sp³-hybridized carbons (Fsp3) is 0.500. The van der Waals surface area contributed by atoms with Gasteiger partial charge >= 0.3 is 5.97 Å². The van der Waals surface area contributed by atoms with Crippen LogP contribution < -0.4 is 5.32 Å². The number of hydrogen-bond donors (Lipinski definition) is 2.